The van der Waals surface area contributed by atoms with Crippen molar-refractivity contribution >= 4 is 48.0 Å². The third-order valence-corrected chi connectivity index (χ3v) is 4.63. The second-order valence-electron chi connectivity index (χ2n) is 6.02. The molecule has 1 heterocycles. The summed E-state index contributed by atoms with van der Waals surface area (Å²) in [5.41, 5.74) is 6.78. The molecule has 2 N–H and O–H groups in total. The van der Waals surface area contributed by atoms with Gasteiger partial charge >= 0.3 is 0 Å². The summed E-state index contributed by atoms with van der Waals surface area (Å²) in [6.07, 6.45) is 2.01. The van der Waals surface area contributed by atoms with Crippen molar-refractivity contribution in [1.82, 2.24) is 9.80 Å². The number of nitrogens with two attached hydrogens (primary N) is 1. The van der Waals surface area contributed by atoms with E-state index in [1.54, 1.807) is 18.2 Å². The van der Waals surface area contributed by atoms with Gasteiger partial charge in [-0.2, -0.15) is 0 Å². The molecule has 0 spiro atoms. The van der Waals surface area contributed by atoms with Gasteiger partial charge in [0.05, 0.1) is 10.6 Å². The van der Waals surface area contributed by atoms with E-state index in [1.165, 1.54) is 0 Å². The van der Waals surface area contributed by atoms with Gasteiger partial charge in [-0.05, 0) is 44.9 Å². The number of hydrogen-bond donors (Lipinski definition) is 1. The van der Waals surface area contributed by atoms with E-state index in [9.17, 15) is 4.79 Å². The summed E-state index contributed by atoms with van der Waals surface area (Å²) < 4.78 is 0. The number of benzene rings is 1. The largest absolute Gasteiger partial charge is 0.399 e. The molecule has 1 aliphatic rings. The Balaban J connectivity index is 0.00000242. The molecule has 0 aliphatic carbocycles. The maximum atomic E-state index is 12.6. The summed E-state index contributed by atoms with van der Waals surface area (Å²) >= 11 is 6.14. The molecule has 1 aromatic carbocycles. The number of piperidine rings is 1. The molecule has 2 rings (SSSR count). The minimum Gasteiger partial charge on any atom is -0.399 e. The first-order chi connectivity index (χ1) is 9.90. The Hall–Kier alpha value is -0.680. The van der Waals surface area contributed by atoms with E-state index in [1.807, 2.05) is 11.9 Å². The number of likely N-dealkylation sites (tertiary alicyclic amines) is 1. The zero-order valence-corrected chi connectivity index (χ0v) is 16.2. The van der Waals surface area contributed by atoms with Gasteiger partial charge in [-0.25, -0.2) is 0 Å². The number of carbonyl (C=O) groups is 1. The fraction of sp³-hybridized carbons (Fsp3) is 0.562. The predicted octanol–water partition coefficient (Wildman–Crippen LogP) is 3.71. The lowest BCUT2D eigenvalue weighted by Gasteiger charge is -2.38. The Kier molecular flexibility index (Phi) is 9.29. The molecule has 1 saturated heterocycles. The minimum absolute atomic E-state index is 0. The number of halogens is 3. The summed E-state index contributed by atoms with van der Waals surface area (Å²) in [4.78, 5) is 16.9. The highest BCUT2D eigenvalue weighted by Gasteiger charge is 2.27. The van der Waals surface area contributed by atoms with Crippen molar-refractivity contribution in [2.24, 2.45) is 0 Å². The van der Waals surface area contributed by atoms with Crippen LogP contribution in [0.15, 0.2) is 18.2 Å². The molecule has 0 atom stereocenters. The van der Waals surface area contributed by atoms with Crippen molar-refractivity contribution in [3.05, 3.63) is 28.8 Å². The van der Waals surface area contributed by atoms with Gasteiger partial charge in [0.2, 0.25) is 0 Å². The van der Waals surface area contributed by atoms with Crippen molar-refractivity contribution in [2.75, 3.05) is 25.9 Å². The van der Waals surface area contributed by atoms with Crippen molar-refractivity contribution < 1.29 is 4.79 Å². The highest BCUT2D eigenvalue weighted by molar-refractivity contribution is 6.34. The molecule has 0 unspecified atom stereocenters. The Morgan fingerprint density at radius 1 is 1.30 bits per heavy atom. The molecule has 1 amide bonds. The van der Waals surface area contributed by atoms with Crippen LogP contribution in [-0.4, -0.2) is 47.9 Å². The molecule has 4 nitrogen and oxygen atoms in total. The second-order valence-corrected chi connectivity index (χ2v) is 6.42. The van der Waals surface area contributed by atoms with E-state index in [2.05, 4.69) is 18.7 Å². The van der Waals surface area contributed by atoms with Crippen molar-refractivity contribution in [3.8, 4) is 0 Å². The summed E-state index contributed by atoms with van der Waals surface area (Å²) in [7, 11) is 1.87. The zero-order valence-electron chi connectivity index (χ0n) is 13.8. The third kappa shape index (κ3) is 5.42. The molecule has 0 bridgehead atoms. The standard InChI is InChI=1S/C16H24ClN3O.2ClH/c1-11(2)20-8-6-13(7-9-20)19(3)16(21)14-5-4-12(18)10-15(14)17;;/h4-5,10-11,13H,6-9,18H2,1-3H3;2*1H. The quantitative estimate of drug-likeness (QED) is 0.811. The Morgan fingerprint density at radius 2 is 1.87 bits per heavy atom. The number of rotatable bonds is 3. The Morgan fingerprint density at radius 3 is 2.35 bits per heavy atom. The molecule has 0 aromatic heterocycles. The Labute approximate surface area is 156 Å². The summed E-state index contributed by atoms with van der Waals surface area (Å²) in [5, 5.41) is 0.423. The lowest BCUT2D eigenvalue weighted by molar-refractivity contribution is 0.0615. The number of amides is 1. The van der Waals surface area contributed by atoms with Gasteiger partial charge in [0.1, 0.15) is 0 Å². The molecule has 1 aromatic rings. The van der Waals surface area contributed by atoms with Gasteiger partial charge in [-0.3, -0.25) is 4.79 Å². The average Bonchev–Trinajstić information content (AvgIpc) is 2.46. The predicted molar refractivity (Wildman–Crippen MR) is 102 cm³/mol. The van der Waals surface area contributed by atoms with Crippen LogP contribution < -0.4 is 5.73 Å². The fourth-order valence-corrected chi connectivity index (χ4v) is 3.12. The van der Waals surface area contributed by atoms with Crippen LogP contribution in [0.25, 0.3) is 0 Å². The van der Waals surface area contributed by atoms with Crippen LogP contribution in [0.4, 0.5) is 5.69 Å². The summed E-state index contributed by atoms with van der Waals surface area (Å²) in [6.45, 7) is 6.50. The van der Waals surface area contributed by atoms with Crippen LogP contribution in [0.1, 0.15) is 37.0 Å². The van der Waals surface area contributed by atoms with Crippen LogP contribution >= 0.6 is 36.4 Å². The van der Waals surface area contributed by atoms with Gasteiger partial charge < -0.3 is 15.5 Å². The van der Waals surface area contributed by atoms with Gasteiger partial charge in [0, 0.05) is 37.9 Å². The average molecular weight is 383 g/mol. The van der Waals surface area contributed by atoms with E-state index in [4.69, 9.17) is 17.3 Å². The smallest absolute Gasteiger partial charge is 0.255 e. The van der Waals surface area contributed by atoms with Crippen LogP contribution in [0.3, 0.4) is 0 Å². The first-order valence-corrected chi connectivity index (χ1v) is 7.84. The first kappa shape index (κ1) is 22.3. The van der Waals surface area contributed by atoms with Gasteiger partial charge in [0.25, 0.3) is 5.91 Å². The van der Waals surface area contributed by atoms with Crippen LogP contribution in [0.5, 0.6) is 0 Å². The highest BCUT2D eigenvalue weighted by atomic mass is 35.5. The fourth-order valence-electron chi connectivity index (χ4n) is 2.85. The number of anilines is 1. The maximum absolute atomic E-state index is 12.6. The maximum Gasteiger partial charge on any atom is 0.255 e. The number of nitrogen functional groups attached to an aromatic ring is 1. The molecule has 7 heteroatoms. The zero-order chi connectivity index (χ0) is 15.6. The molecule has 0 radical (unpaired) electrons. The first-order valence-electron chi connectivity index (χ1n) is 7.46. The van der Waals surface area contributed by atoms with E-state index in [0.717, 1.165) is 25.9 Å². The van der Waals surface area contributed by atoms with Gasteiger partial charge in [-0.15, -0.1) is 24.8 Å². The summed E-state index contributed by atoms with van der Waals surface area (Å²) in [6, 6.07) is 5.90. The number of nitrogens with zero attached hydrogens (tertiary/aromatic N) is 2. The molecule has 132 valence electrons. The number of hydrogen-bond acceptors (Lipinski definition) is 3. The van der Waals surface area contributed by atoms with E-state index >= 15 is 0 Å². The van der Waals surface area contributed by atoms with Crippen molar-refractivity contribution in [2.45, 2.75) is 38.8 Å². The molecule has 1 fully saturated rings. The lowest BCUT2D eigenvalue weighted by Crippen LogP contribution is -2.47. The SMILES string of the molecule is CC(C)N1CCC(N(C)C(=O)c2ccc(N)cc2Cl)CC1.Cl.Cl. The second kappa shape index (κ2) is 9.58. The van der Waals surface area contributed by atoms with Crippen LogP contribution in [0, 0.1) is 0 Å². The molecule has 0 saturated carbocycles. The van der Waals surface area contributed by atoms with E-state index in [-0.39, 0.29) is 36.8 Å². The van der Waals surface area contributed by atoms with E-state index in [0.29, 0.717) is 22.3 Å². The lowest BCUT2D eigenvalue weighted by atomic mass is 10.0. The molecule has 1 aliphatic heterocycles. The van der Waals surface area contributed by atoms with Crippen molar-refractivity contribution in [3.63, 3.8) is 0 Å². The number of carbonyl (C=O) groups excluding carboxylic acids is 1. The molecule has 23 heavy (non-hydrogen) atoms. The Bertz CT molecular complexity index is 517. The minimum atomic E-state index is -0.0250. The highest BCUT2D eigenvalue weighted by Crippen LogP contribution is 2.23. The van der Waals surface area contributed by atoms with Crippen LogP contribution in [0.2, 0.25) is 5.02 Å². The normalized spacial score (nSPS) is 15.7. The topological polar surface area (TPSA) is 49.6 Å². The van der Waals surface area contributed by atoms with Gasteiger partial charge in [-0.1, -0.05) is 11.6 Å². The molecular weight excluding hydrogens is 357 g/mol. The third-order valence-electron chi connectivity index (χ3n) is 4.32. The van der Waals surface area contributed by atoms with Gasteiger partial charge in [0.15, 0.2) is 0 Å². The molecular formula is C16H26Cl3N3O. The van der Waals surface area contributed by atoms with E-state index < -0.39 is 0 Å². The van der Waals surface area contributed by atoms with Crippen LogP contribution in [-0.2, 0) is 0 Å². The monoisotopic (exact) mass is 381 g/mol. The summed E-state index contributed by atoms with van der Waals surface area (Å²) in [5.74, 6) is -0.0250. The van der Waals surface area contributed by atoms with Crippen molar-refractivity contribution in [1.29, 1.82) is 0 Å².